The summed E-state index contributed by atoms with van der Waals surface area (Å²) in [5.74, 6) is -0.281. The first-order valence-corrected chi connectivity index (χ1v) is 4.56. The van der Waals surface area contributed by atoms with Crippen LogP contribution >= 0.6 is 0 Å². The fraction of sp³-hybridized carbons (Fsp3) is 0.333. The van der Waals surface area contributed by atoms with Crippen LogP contribution in [-0.4, -0.2) is 31.1 Å². The van der Waals surface area contributed by atoms with Gasteiger partial charge in [-0.25, -0.2) is 0 Å². The number of hydrogen-bond acceptors (Lipinski definition) is 4. The van der Waals surface area contributed by atoms with Gasteiger partial charge in [0, 0.05) is 12.6 Å². The molecule has 0 amide bonds. The average molecular weight is 250 g/mol. The molecule has 1 rings (SSSR count). The molecule has 8 heteroatoms. The van der Waals surface area contributed by atoms with Gasteiger partial charge in [0.2, 0.25) is 0 Å². The lowest BCUT2D eigenvalue weighted by atomic mass is 9.76. The van der Waals surface area contributed by atoms with Crippen molar-refractivity contribution in [1.82, 2.24) is 0 Å². The summed E-state index contributed by atoms with van der Waals surface area (Å²) in [4.78, 5) is 0. The molecular weight excluding hydrogens is 240 g/mol. The van der Waals surface area contributed by atoms with Crippen LogP contribution < -0.4 is 10.2 Å². The quantitative estimate of drug-likeness (QED) is 0.598. The molecule has 0 saturated carbocycles. The number of rotatable bonds is 4. The Labute approximate surface area is 95.7 Å². The highest BCUT2D eigenvalue weighted by molar-refractivity contribution is 6.60. The summed E-state index contributed by atoms with van der Waals surface area (Å²) in [6.07, 6.45) is -4.69. The Hall–Kier alpha value is -1.25. The van der Waals surface area contributed by atoms with E-state index in [2.05, 4.69) is 4.74 Å². The molecule has 0 fully saturated rings. The van der Waals surface area contributed by atoms with Crippen LogP contribution in [0.2, 0.25) is 0 Å². The van der Waals surface area contributed by atoms with E-state index in [0.717, 1.165) is 12.1 Å². The Kier molecular flexibility index (Phi) is 4.38. The van der Waals surface area contributed by atoms with E-state index in [9.17, 15) is 13.2 Å². The van der Waals surface area contributed by atoms with Gasteiger partial charge < -0.3 is 19.5 Å². The summed E-state index contributed by atoms with van der Waals surface area (Å²) in [7, 11) is -0.984. The number of alkyl halides is 3. The maximum atomic E-state index is 12.6. The Morgan fingerprint density at radius 2 is 1.94 bits per heavy atom. The van der Waals surface area contributed by atoms with Crippen molar-refractivity contribution in [1.29, 1.82) is 0 Å². The second-order valence-electron chi connectivity index (χ2n) is 3.14. The van der Waals surface area contributed by atoms with E-state index in [-0.39, 0.29) is 12.5 Å². The molecule has 0 aliphatic carbocycles. The molecule has 0 radical (unpaired) electrons. The highest BCUT2D eigenvalue weighted by atomic mass is 19.4. The van der Waals surface area contributed by atoms with Gasteiger partial charge in [0.05, 0.1) is 5.56 Å². The average Bonchev–Trinajstić information content (AvgIpc) is 2.24. The van der Waals surface area contributed by atoms with Crippen molar-refractivity contribution in [2.45, 2.75) is 6.18 Å². The summed E-state index contributed by atoms with van der Waals surface area (Å²) < 4.78 is 47.2. The van der Waals surface area contributed by atoms with Gasteiger partial charge in [-0.1, -0.05) is 12.1 Å². The van der Waals surface area contributed by atoms with Crippen LogP contribution in [0.15, 0.2) is 18.2 Å². The molecule has 1 aromatic carbocycles. The Morgan fingerprint density at radius 3 is 2.41 bits per heavy atom. The largest absolute Gasteiger partial charge is 0.492 e. The number of halogens is 3. The lowest BCUT2D eigenvalue weighted by Gasteiger charge is -2.16. The van der Waals surface area contributed by atoms with E-state index < -0.39 is 24.3 Å². The molecule has 4 nitrogen and oxygen atoms in total. The van der Waals surface area contributed by atoms with Gasteiger partial charge in [0.25, 0.3) is 0 Å². The molecule has 17 heavy (non-hydrogen) atoms. The zero-order valence-electron chi connectivity index (χ0n) is 8.86. The Balaban J connectivity index is 3.22. The van der Waals surface area contributed by atoms with Crippen molar-refractivity contribution in [3.8, 4) is 5.75 Å². The molecular formula is C9H10BF3O4. The standard InChI is InChI=1S/C9H10BF3O4/c1-16-5-17-7-4-2-3-6(9(11,12)13)8(7)10(14)15/h2-4,14-15H,5H2,1H3. The number of benzene rings is 1. The fourth-order valence-corrected chi connectivity index (χ4v) is 1.31. The van der Waals surface area contributed by atoms with Gasteiger partial charge >= 0.3 is 13.3 Å². The van der Waals surface area contributed by atoms with Gasteiger partial charge in [-0.2, -0.15) is 13.2 Å². The monoisotopic (exact) mass is 250 g/mol. The third-order valence-corrected chi connectivity index (χ3v) is 1.96. The number of hydrogen-bond donors (Lipinski definition) is 2. The summed E-state index contributed by atoms with van der Waals surface area (Å²) in [5.41, 5.74) is -1.88. The zero-order chi connectivity index (χ0) is 13.1. The summed E-state index contributed by atoms with van der Waals surface area (Å²) in [6.45, 7) is -0.291. The van der Waals surface area contributed by atoms with Crippen molar-refractivity contribution in [2.24, 2.45) is 0 Å². The van der Waals surface area contributed by atoms with Crippen molar-refractivity contribution >= 4 is 12.6 Å². The molecule has 1 aromatic rings. The van der Waals surface area contributed by atoms with Crippen molar-refractivity contribution < 1.29 is 32.7 Å². The first-order chi connectivity index (χ1) is 7.88. The lowest BCUT2D eigenvalue weighted by molar-refractivity contribution is -0.137. The maximum absolute atomic E-state index is 12.6. The van der Waals surface area contributed by atoms with E-state index in [0.29, 0.717) is 0 Å². The van der Waals surface area contributed by atoms with Crippen LogP contribution in [0.5, 0.6) is 5.75 Å². The van der Waals surface area contributed by atoms with Crippen molar-refractivity contribution in [3.05, 3.63) is 23.8 Å². The minimum absolute atomic E-state index is 0.281. The molecule has 0 spiro atoms. The topological polar surface area (TPSA) is 58.9 Å². The first kappa shape index (κ1) is 13.8. The van der Waals surface area contributed by atoms with Crippen LogP contribution in [0.3, 0.4) is 0 Å². The highest BCUT2D eigenvalue weighted by Gasteiger charge is 2.38. The van der Waals surface area contributed by atoms with Crippen LogP contribution in [0.4, 0.5) is 13.2 Å². The van der Waals surface area contributed by atoms with E-state index in [1.807, 2.05) is 0 Å². The van der Waals surface area contributed by atoms with Gasteiger partial charge in [-0.05, 0) is 6.07 Å². The van der Waals surface area contributed by atoms with Gasteiger partial charge in [-0.3, -0.25) is 0 Å². The second kappa shape index (κ2) is 5.39. The third kappa shape index (κ3) is 3.35. The van der Waals surface area contributed by atoms with Crippen LogP contribution in [0.1, 0.15) is 5.56 Å². The van der Waals surface area contributed by atoms with Gasteiger partial charge in [0.1, 0.15) is 5.75 Å². The Morgan fingerprint density at radius 1 is 1.29 bits per heavy atom. The zero-order valence-corrected chi connectivity index (χ0v) is 8.86. The SMILES string of the molecule is COCOc1cccc(C(F)(F)F)c1B(O)O. The number of methoxy groups -OCH3 is 1. The lowest BCUT2D eigenvalue weighted by Crippen LogP contribution is -2.37. The van der Waals surface area contributed by atoms with E-state index in [1.165, 1.54) is 13.2 Å². The summed E-state index contributed by atoms with van der Waals surface area (Å²) >= 11 is 0. The molecule has 0 heterocycles. The maximum Gasteiger partial charge on any atom is 0.492 e. The van der Waals surface area contributed by atoms with E-state index in [4.69, 9.17) is 14.8 Å². The molecule has 0 aliphatic rings. The van der Waals surface area contributed by atoms with E-state index >= 15 is 0 Å². The fourth-order valence-electron chi connectivity index (χ4n) is 1.31. The van der Waals surface area contributed by atoms with Gasteiger partial charge in [0.15, 0.2) is 6.79 Å². The normalized spacial score (nSPS) is 11.4. The predicted octanol–water partition coefficient (Wildman–Crippen LogP) is 0.368. The molecule has 0 unspecified atom stereocenters. The molecule has 0 bridgehead atoms. The smallest absolute Gasteiger partial charge is 0.468 e. The molecule has 0 saturated heterocycles. The minimum atomic E-state index is -4.69. The summed E-state index contributed by atoms with van der Waals surface area (Å²) in [6, 6.07) is 3.05. The molecule has 0 aromatic heterocycles. The van der Waals surface area contributed by atoms with Crippen LogP contribution in [-0.2, 0) is 10.9 Å². The van der Waals surface area contributed by atoms with Crippen LogP contribution in [0, 0.1) is 0 Å². The molecule has 94 valence electrons. The second-order valence-corrected chi connectivity index (χ2v) is 3.14. The number of ether oxygens (including phenoxy) is 2. The van der Waals surface area contributed by atoms with Crippen molar-refractivity contribution in [3.63, 3.8) is 0 Å². The Bertz CT molecular complexity index is 381. The molecule has 0 aliphatic heterocycles. The first-order valence-electron chi connectivity index (χ1n) is 4.56. The minimum Gasteiger partial charge on any atom is -0.468 e. The van der Waals surface area contributed by atoms with E-state index in [1.54, 1.807) is 0 Å². The highest BCUT2D eigenvalue weighted by Crippen LogP contribution is 2.30. The van der Waals surface area contributed by atoms with Crippen LogP contribution in [0.25, 0.3) is 0 Å². The van der Waals surface area contributed by atoms with Crippen molar-refractivity contribution in [2.75, 3.05) is 13.9 Å². The third-order valence-electron chi connectivity index (χ3n) is 1.96. The molecule has 0 atom stereocenters. The molecule has 2 N–H and O–H groups in total. The summed E-state index contributed by atoms with van der Waals surface area (Å²) in [5, 5.41) is 18.0. The predicted molar refractivity (Wildman–Crippen MR) is 53.8 cm³/mol. The van der Waals surface area contributed by atoms with Gasteiger partial charge in [-0.15, -0.1) is 0 Å².